The van der Waals surface area contributed by atoms with Gasteiger partial charge >= 0.3 is 4.87 Å². The summed E-state index contributed by atoms with van der Waals surface area (Å²) < 4.78 is 2.28. The summed E-state index contributed by atoms with van der Waals surface area (Å²) >= 11 is 4.86. The van der Waals surface area contributed by atoms with Gasteiger partial charge in [0.1, 0.15) is 0 Å². The van der Waals surface area contributed by atoms with Crippen molar-refractivity contribution in [2.45, 2.75) is 13.5 Å². The Hall–Kier alpha value is -0.0000000000000000555. The summed E-state index contributed by atoms with van der Waals surface area (Å²) in [6, 6.07) is 0. The van der Waals surface area contributed by atoms with Crippen molar-refractivity contribution in [3.63, 3.8) is 0 Å². The molecule has 9 heavy (non-hydrogen) atoms. The highest BCUT2D eigenvalue weighted by atomic mass is 32.9. The Labute approximate surface area is 64.8 Å². The van der Waals surface area contributed by atoms with E-state index in [1.165, 1.54) is 20.7 Å². The summed E-state index contributed by atoms with van der Waals surface area (Å²) in [6.45, 7) is 2.61. The van der Waals surface area contributed by atoms with Crippen molar-refractivity contribution in [2.75, 3.05) is 0 Å². The van der Waals surface area contributed by atoms with Crippen LogP contribution in [0.15, 0.2) is 4.79 Å². The number of hydrogen-bond acceptors (Lipinski definition) is 4. The predicted octanol–water partition coefficient (Wildman–Crippen LogP) is 1.72. The minimum Gasteiger partial charge on any atom is -0.281 e. The Morgan fingerprint density at radius 3 is 2.56 bits per heavy atom. The molecule has 1 heterocycles. The van der Waals surface area contributed by atoms with Gasteiger partial charge in [0.15, 0.2) is 3.95 Å². The topological polar surface area (TPSA) is 22.0 Å². The molecule has 0 saturated carbocycles. The predicted molar refractivity (Wildman–Crippen MR) is 43.0 cm³/mol. The third-order valence-electron chi connectivity index (χ3n) is 0.941. The Kier molecular flexibility index (Phi) is 2.15. The quantitative estimate of drug-likeness (QED) is 0.484. The van der Waals surface area contributed by atoms with Crippen LogP contribution in [0.1, 0.15) is 6.92 Å². The average molecular weight is 179 g/mol. The normalized spacial score (nSPS) is 9.89. The van der Waals surface area contributed by atoms with E-state index in [2.05, 4.69) is 0 Å². The highest BCUT2D eigenvalue weighted by Crippen LogP contribution is 2.03. The van der Waals surface area contributed by atoms with Crippen molar-refractivity contribution >= 4 is 32.9 Å². The van der Waals surface area contributed by atoms with Crippen LogP contribution in [0.3, 0.4) is 0 Å². The first kappa shape index (κ1) is 7.11. The van der Waals surface area contributed by atoms with Gasteiger partial charge in [0, 0.05) is 6.54 Å². The van der Waals surface area contributed by atoms with Gasteiger partial charge in [-0.3, -0.25) is 9.36 Å². The molecule has 0 spiro atoms. The second kappa shape index (κ2) is 2.72. The minimum atomic E-state index is 0.0625. The molecule has 1 aromatic rings. The van der Waals surface area contributed by atoms with Crippen LogP contribution in [0.25, 0.3) is 0 Å². The molecule has 0 radical (unpaired) electrons. The van der Waals surface area contributed by atoms with Gasteiger partial charge in [-0.05, 0) is 39.8 Å². The van der Waals surface area contributed by atoms with Crippen molar-refractivity contribution in [2.24, 2.45) is 0 Å². The second-order valence-electron chi connectivity index (χ2n) is 1.44. The maximum atomic E-state index is 10.8. The molecule has 0 unspecified atom stereocenters. The lowest BCUT2D eigenvalue weighted by atomic mass is 10.7. The van der Waals surface area contributed by atoms with E-state index < -0.39 is 0 Å². The van der Waals surface area contributed by atoms with Gasteiger partial charge < -0.3 is 0 Å². The van der Waals surface area contributed by atoms with E-state index in [0.717, 1.165) is 0 Å². The van der Waals surface area contributed by atoms with Crippen molar-refractivity contribution in [1.82, 2.24) is 4.57 Å². The number of nitrogens with zero attached hydrogens (tertiary/aromatic N) is 1. The number of hydrogen-bond donors (Lipinski definition) is 0. The van der Waals surface area contributed by atoms with Crippen molar-refractivity contribution in [3.05, 3.63) is 13.6 Å². The van der Waals surface area contributed by atoms with Gasteiger partial charge in [-0.2, -0.15) is 0 Å². The molecule has 0 saturated heterocycles. The molecule has 0 aliphatic carbocycles. The van der Waals surface area contributed by atoms with Gasteiger partial charge in [0.2, 0.25) is 0 Å². The van der Waals surface area contributed by atoms with Crippen LogP contribution >= 0.6 is 32.9 Å². The van der Waals surface area contributed by atoms with E-state index in [4.69, 9.17) is 12.2 Å². The first-order chi connectivity index (χ1) is 4.25. The van der Waals surface area contributed by atoms with Crippen LogP contribution in [-0.4, -0.2) is 4.57 Å². The zero-order chi connectivity index (χ0) is 6.85. The lowest BCUT2D eigenvalue weighted by molar-refractivity contribution is 0.745. The highest BCUT2D eigenvalue weighted by Gasteiger charge is 1.95. The van der Waals surface area contributed by atoms with Crippen molar-refractivity contribution in [1.29, 1.82) is 0 Å². The minimum absolute atomic E-state index is 0.0625. The van der Waals surface area contributed by atoms with Crippen LogP contribution < -0.4 is 4.87 Å². The Morgan fingerprint density at radius 1 is 1.67 bits per heavy atom. The summed E-state index contributed by atoms with van der Waals surface area (Å²) in [7, 11) is 2.56. The maximum absolute atomic E-state index is 10.8. The SMILES string of the molecule is CCn1c(=O)ssc1=S. The summed E-state index contributed by atoms with van der Waals surface area (Å²) in [5.41, 5.74) is 0. The Balaban J connectivity index is 3.41. The number of rotatable bonds is 1. The maximum Gasteiger partial charge on any atom is 0.318 e. The van der Waals surface area contributed by atoms with Gasteiger partial charge in [-0.1, -0.05) is 0 Å². The molecule has 1 rings (SSSR count). The van der Waals surface area contributed by atoms with E-state index in [1.54, 1.807) is 4.57 Å². The summed E-state index contributed by atoms with van der Waals surface area (Å²) in [6.07, 6.45) is 0. The molecule has 1 aromatic heterocycles. The molecular formula is C4H5NOS3. The van der Waals surface area contributed by atoms with E-state index in [9.17, 15) is 4.79 Å². The fraction of sp³-hybridized carbons (Fsp3) is 0.500. The lowest BCUT2D eigenvalue weighted by Gasteiger charge is -1.87. The zero-order valence-electron chi connectivity index (χ0n) is 4.79. The first-order valence-electron chi connectivity index (χ1n) is 2.45. The van der Waals surface area contributed by atoms with Crippen LogP contribution in [0, 0.1) is 3.95 Å². The zero-order valence-corrected chi connectivity index (χ0v) is 7.24. The molecule has 0 bridgehead atoms. The lowest BCUT2D eigenvalue weighted by Crippen LogP contribution is -2.10. The monoisotopic (exact) mass is 179 g/mol. The molecule has 0 atom stereocenters. The fourth-order valence-corrected chi connectivity index (χ4v) is 2.85. The molecule has 0 aliphatic rings. The Bertz CT molecular complexity index is 266. The van der Waals surface area contributed by atoms with Crippen LogP contribution in [-0.2, 0) is 6.54 Å². The molecule has 50 valence electrons. The molecule has 0 N–H and O–H groups in total. The van der Waals surface area contributed by atoms with Crippen molar-refractivity contribution < 1.29 is 0 Å². The van der Waals surface area contributed by atoms with Gasteiger partial charge in [0.05, 0.1) is 0 Å². The van der Waals surface area contributed by atoms with E-state index in [1.807, 2.05) is 6.92 Å². The largest absolute Gasteiger partial charge is 0.318 e. The van der Waals surface area contributed by atoms with Gasteiger partial charge in [0.25, 0.3) is 0 Å². The van der Waals surface area contributed by atoms with E-state index >= 15 is 0 Å². The highest BCUT2D eigenvalue weighted by molar-refractivity contribution is 7.79. The van der Waals surface area contributed by atoms with Crippen LogP contribution in [0.4, 0.5) is 0 Å². The van der Waals surface area contributed by atoms with Crippen molar-refractivity contribution in [3.8, 4) is 0 Å². The molecule has 0 aromatic carbocycles. The summed E-state index contributed by atoms with van der Waals surface area (Å²) in [5, 5.41) is 0. The number of aromatic nitrogens is 1. The van der Waals surface area contributed by atoms with Gasteiger partial charge in [-0.15, -0.1) is 0 Å². The summed E-state index contributed by atoms with van der Waals surface area (Å²) in [5.74, 6) is 0. The average Bonchev–Trinajstić information content (AvgIpc) is 2.12. The molecule has 5 heteroatoms. The summed E-state index contributed by atoms with van der Waals surface area (Å²) in [4.78, 5) is 10.9. The van der Waals surface area contributed by atoms with E-state index in [0.29, 0.717) is 10.5 Å². The first-order valence-corrected chi connectivity index (χ1v) is 5.01. The second-order valence-corrected chi connectivity index (χ2v) is 4.16. The van der Waals surface area contributed by atoms with E-state index in [-0.39, 0.29) is 4.87 Å². The third kappa shape index (κ3) is 1.28. The molecule has 0 aliphatic heterocycles. The van der Waals surface area contributed by atoms with Crippen LogP contribution in [0.2, 0.25) is 0 Å². The molecule has 0 amide bonds. The molecule has 2 nitrogen and oxygen atoms in total. The molecular weight excluding hydrogens is 174 g/mol. The smallest absolute Gasteiger partial charge is 0.281 e. The Morgan fingerprint density at radius 2 is 2.33 bits per heavy atom. The standard InChI is InChI=1S/C4H5NOS3/c1-2-5-3(6)8-9-4(5)7/h2H2,1H3. The van der Waals surface area contributed by atoms with Crippen LogP contribution in [0.5, 0.6) is 0 Å². The fourth-order valence-electron chi connectivity index (χ4n) is 0.494. The van der Waals surface area contributed by atoms with Gasteiger partial charge in [-0.25, -0.2) is 0 Å². The molecule has 0 fully saturated rings. The third-order valence-corrected chi connectivity index (χ3v) is 3.69.